The molecule has 25 heavy (non-hydrogen) atoms. The number of hydrogen-bond acceptors (Lipinski definition) is 4. The lowest BCUT2D eigenvalue weighted by atomic mass is 10.1. The molecule has 7 heteroatoms. The predicted octanol–water partition coefficient (Wildman–Crippen LogP) is 1.41. The molecule has 1 atom stereocenters. The molecule has 1 saturated heterocycles. The van der Waals surface area contributed by atoms with Crippen LogP contribution in [0.3, 0.4) is 0 Å². The molecule has 3 amide bonds. The number of aromatic nitrogens is 2. The fraction of sp³-hybridized carbons (Fsp3) is 0.389. The van der Waals surface area contributed by atoms with Crippen LogP contribution >= 0.6 is 0 Å². The van der Waals surface area contributed by atoms with Crippen molar-refractivity contribution in [2.24, 2.45) is 0 Å². The first-order valence-corrected chi connectivity index (χ1v) is 8.49. The number of aliphatic hydroxyl groups excluding tert-OH is 1. The van der Waals surface area contributed by atoms with E-state index in [0.717, 1.165) is 27.5 Å². The molecule has 0 bridgehead atoms. The monoisotopic (exact) mass is 342 g/mol. The third-order valence-corrected chi connectivity index (χ3v) is 4.40. The molecule has 2 aromatic rings. The highest BCUT2D eigenvalue weighted by atomic mass is 16.3. The smallest absolute Gasteiger partial charge is 0.324 e. The summed E-state index contributed by atoms with van der Waals surface area (Å²) in [7, 11) is 0. The lowest BCUT2D eigenvalue weighted by Crippen LogP contribution is -2.56. The van der Waals surface area contributed by atoms with Gasteiger partial charge in [0.2, 0.25) is 0 Å². The Morgan fingerprint density at radius 2 is 1.92 bits per heavy atom. The summed E-state index contributed by atoms with van der Waals surface area (Å²) in [5.41, 5.74) is 3.62. The van der Waals surface area contributed by atoms with Crippen molar-refractivity contribution >= 4 is 11.9 Å². The Labute approximate surface area is 146 Å². The summed E-state index contributed by atoms with van der Waals surface area (Å²) in [6.07, 6.45) is 0.203. The minimum Gasteiger partial charge on any atom is -0.381 e. The van der Waals surface area contributed by atoms with Crippen LogP contribution in [0.4, 0.5) is 4.79 Å². The van der Waals surface area contributed by atoms with Crippen molar-refractivity contribution in [2.45, 2.75) is 39.3 Å². The number of carbonyl (C=O) groups is 2. The summed E-state index contributed by atoms with van der Waals surface area (Å²) in [5, 5.41) is 17.0. The van der Waals surface area contributed by atoms with E-state index in [1.54, 1.807) is 0 Å². The number of β-amino-alcohol motifs (C(OH)–C–C–N with tert-alkyl or cyclic N) is 1. The number of para-hydroxylation sites is 1. The number of rotatable bonds is 5. The van der Waals surface area contributed by atoms with E-state index in [2.05, 4.69) is 10.4 Å². The molecule has 1 aromatic carbocycles. The lowest BCUT2D eigenvalue weighted by molar-refractivity contribution is -0.139. The third kappa shape index (κ3) is 3.15. The van der Waals surface area contributed by atoms with Gasteiger partial charge < -0.3 is 10.4 Å². The van der Waals surface area contributed by atoms with E-state index in [9.17, 15) is 14.7 Å². The van der Waals surface area contributed by atoms with E-state index >= 15 is 0 Å². The average molecular weight is 342 g/mol. The van der Waals surface area contributed by atoms with E-state index in [1.807, 2.05) is 48.9 Å². The molecule has 0 saturated carbocycles. The highest BCUT2D eigenvalue weighted by molar-refractivity contribution is 5.99. The second-order valence-electron chi connectivity index (χ2n) is 5.95. The Kier molecular flexibility index (Phi) is 4.85. The van der Waals surface area contributed by atoms with Crippen LogP contribution in [-0.2, 0) is 24.2 Å². The average Bonchev–Trinajstić information content (AvgIpc) is 3.00. The molecule has 1 aliphatic rings. The quantitative estimate of drug-likeness (QED) is 0.860. The van der Waals surface area contributed by atoms with Crippen molar-refractivity contribution < 1.29 is 14.7 Å². The van der Waals surface area contributed by atoms with Gasteiger partial charge in [0, 0.05) is 11.3 Å². The van der Waals surface area contributed by atoms with Crippen molar-refractivity contribution in [3.05, 3.63) is 47.3 Å². The number of nitrogens with zero attached hydrogens (tertiary/aromatic N) is 3. The van der Waals surface area contributed by atoms with Crippen LogP contribution in [-0.4, -0.2) is 44.4 Å². The minimum atomic E-state index is -1.20. The highest BCUT2D eigenvalue weighted by Crippen LogP contribution is 2.23. The van der Waals surface area contributed by atoms with Crippen LogP contribution < -0.4 is 5.32 Å². The van der Waals surface area contributed by atoms with Crippen LogP contribution in [0, 0.1) is 0 Å². The maximum absolute atomic E-state index is 12.2. The van der Waals surface area contributed by atoms with E-state index in [0.29, 0.717) is 12.8 Å². The molecule has 1 aliphatic heterocycles. The van der Waals surface area contributed by atoms with Gasteiger partial charge in [-0.25, -0.2) is 9.48 Å². The molecule has 1 fully saturated rings. The van der Waals surface area contributed by atoms with Gasteiger partial charge in [0.1, 0.15) is 0 Å². The van der Waals surface area contributed by atoms with Crippen LogP contribution in [0.5, 0.6) is 0 Å². The number of amides is 3. The van der Waals surface area contributed by atoms with E-state index in [1.165, 1.54) is 0 Å². The van der Waals surface area contributed by atoms with Crippen LogP contribution in [0.25, 0.3) is 5.69 Å². The van der Waals surface area contributed by atoms with Crippen molar-refractivity contribution in [2.75, 3.05) is 6.54 Å². The predicted molar refractivity (Wildman–Crippen MR) is 92.3 cm³/mol. The first-order valence-electron chi connectivity index (χ1n) is 8.49. The fourth-order valence-electron chi connectivity index (χ4n) is 3.10. The lowest BCUT2D eigenvalue weighted by Gasteiger charge is -2.29. The zero-order chi connectivity index (χ0) is 18.0. The zero-order valence-electron chi connectivity index (χ0n) is 14.4. The molecular weight excluding hydrogens is 320 g/mol. The molecule has 132 valence electrons. The number of benzene rings is 1. The molecule has 1 aromatic heterocycles. The maximum Gasteiger partial charge on any atom is 0.324 e. The summed E-state index contributed by atoms with van der Waals surface area (Å²) in [6.45, 7) is 4.08. The van der Waals surface area contributed by atoms with Gasteiger partial charge in [-0.3, -0.25) is 9.69 Å². The summed E-state index contributed by atoms with van der Waals surface area (Å²) >= 11 is 0. The van der Waals surface area contributed by atoms with Crippen molar-refractivity contribution in [3.8, 4) is 5.69 Å². The third-order valence-electron chi connectivity index (χ3n) is 4.40. The minimum absolute atomic E-state index is 0.0429. The molecule has 2 heterocycles. The van der Waals surface area contributed by atoms with E-state index < -0.39 is 18.0 Å². The Balaban J connectivity index is 2.02. The van der Waals surface area contributed by atoms with Gasteiger partial charge in [0.15, 0.2) is 6.10 Å². The SMILES string of the molecule is CCc1nn(-c2ccccc2)c(CC)c1CN1C(=O)NC[C@H](O)C1=O. The van der Waals surface area contributed by atoms with Gasteiger partial charge in [-0.1, -0.05) is 32.0 Å². The molecule has 3 rings (SSSR count). The first kappa shape index (κ1) is 17.2. The molecule has 0 spiro atoms. The second kappa shape index (κ2) is 7.06. The first-order chi connectivity index (χ1) is 12.1. The molecule has 0 aliphatic carbocycles. The molecule has 0 radical (unpaired) electrons. The van der Waals surface area contributed by atoms with Gasteiger partial charge in [-0.05, 0) is 25.0 Å². The van der Waals surface area contributed by atoms with Gasteiger partial charge in [-0.15, -0.1) is 0 Å². The summed E-state index contributed by atoms with van der Waals surface area (Å²) in [5.74, 6) is -0.569. The molecule has 7 nitrogen and oxygen atoms in total. The Hall–Kier alpha value is -2.67. The van der Waals surface area contributed by atoms with Gasteiger partial charge >= 0.3 is 6.03 Å². The van der Waals surface area contributed by atoms with Crippen LogP contribution in [0.1, 0.15) is 30.8 Å². The number of urea groups is 1. The van der Waals surface area contributed by atoms with Gasteiger partial charge in [0.05, 0.1) is 24.5 Å². The Morgan fingerprint density at radius 3 is 2.56 bits per heavy atom. The van der Waals surface area contributed by atoms with Crippen LogP contribution in [0.15, 0.2) is 30.3 Å². The summed E-state index contributed by atoms with van der Waals surface area (Å²) in [4.78, 5) is 25.4. The van der Waals surface area contributed by atoms with Crippen LogP contribution in [0.2, 0.25) is 0 Å². The highest BCUT2D eigenvalue weighted by Gasteiger charge is 2.34. The summed E-state index contributed by atoms with van der Waals surface area (Å²) < 4.78 is 1.87. The normalized spacial score (nSPS) is 17.7. The number of carbonyl (C=O) groups excluding carboxylic acids is 2. The number of hydrogen-bond donors (Lipinski definition) is 2. The summed E-state index contributed by atoms with van der Waals surface area (Å²) in [6, 6.07) is 9.29. The standard InChI is InChI=1S/C18H22N4O3/c1-3-14-13(11-21-17(24)16(23)10-19-18(21)25)15(4-2)22(20-14)12-8-6-5-7-9-12/h5-9,16,23H,3-4,10-11H2,1-2H3,(H,19,25)/t16-/m0/s1. The second-order valence-corrected chi connectivity index (χ2v) is 5.95. The fourth-order valence-corrected chi connectivity index (χ4v) is 3.10. The maximum atomic E-state index is 12.2. The number of aliphatic hydroxyl groups is 1. The zero-order valence-corrected chi connectivity index (χ0v) is 14.4. The number of imide groups is 1. The molecule has 0 unspecified atom stereocenters. The van der Waals surface area contributed by atoms with Gasteiger partial charge in [0.25, 0.3) is 5.91 Å². The van der Waals surface area contributed by atoms with E-state index in [4.69, 9.17) is 0 Å². The van der Waals surface area contributed by atoms with Crippen molar-refractivity contribution in [1.82, 2.24) is 20.0 Å². The molecule has 2 N–H and O–H groups in total. The molecular formula is C18H22N4O3. The van der Waals surface area contributed by atoms with Crippen molar-refractivity contribution in [1.29, 1.82) is 0 Å². The number of aryl methyl sites for hydroxylation is 1. The number of nitrogens with one attached hydrogen (secondary N) is 1. The topological polar surface area (TPSA) is 87.5 Å². The van der Waals surface area contributed by atoms with Gasteiger partial charge in [-0.2, -0.15) is 5.10 Å². The van der Waals surface area contributed by atoms with E-state index in [-0.39, 0.29) is 13.1 Å². The largest absolute Gasteiger partial charge is 0.381 e. The Morgan fingerprint density at radius 1 is 1.20 bits per heavy atom. The van der Waals surface area contributed by atoms with Crippen molar-refractivity contribution in [3.63, 3.8) is 0 Å². The Bertz CT molecular complexity index is 785.